The highest BCUT2D eigenvalue weighted by Crippen LogP contribution is 2.34. The van der Waals surface area contributed by atoms with Crippen molar-refractivity contribution in [2.75, 3.05) is 0 Å². The van der Waals surface area contributed by atoms with E-state index in [1.807, 2.05) is 10.7 Å². The minimum absolute atomic E-state index is 0.908. The standard InChI is InChI=1S/C24H19N3/c1-16-12-13-19(14-17(16)2)27-24-21-11-7-6-10-20(21)22(15-23(24)25-26-27)18-8-4-3-5-9-18/h3-15H,1-2H3. The highest BCUT2D eigenvalue weighted by molar-refractivity contribution is 6.11. The second-order valence-electron chi connectivity index (χ2n) is 6.97. The summed E-state index contributed by atoms with van der Waals surface area (Å²) in [7, 11) is 0. The van der Waals surface area contributed by atoms with E-state index in [2.05, 4.69) is 97.0 Å². The van der Waals surface area contributed by atoms with Gasteiger partial charge in [-0.2, -0.15) is 0 Å². The molecule has 0 aliphatic rings. The highest BCUT2D eigenvalue weighted by atomic mass is 15.4. The number of aromatic nitrogens is 3. The number of aryl methyl sites for hydroxylation is 2. The second kappa shape index (κ2) is 6.06. The van der Waals surface area contributed by atoms with Crippen LogP contribution in [0.2, 0.25) is 0 Å². The molecule has 0 bridgehead atoms. The maximum atomic E-state index is 4.50. The largest absolute Gasteiger partial charge is 0.212 e. The van der Waals surface area contributed by atoms with Crippen molar-refractivity contribution in [3.63, 3.8) is 0 Å². The van der Waals surface area contributed by atoms with Crippen LogP contribution in [0.5, 0.6) is 0 Å². The Bertz CT molecular complexity index is 1280. The molecule has 0 aliphatic carbocycles. The van der Waals surface area contributed by atoms with Crippen LogP contribution in [0, 0.1) is 13.8 Å². The van der Waals surface area contributed by atoms with Crippen LogP contribution < -0.4 is 0 Å². The lowest BCUT2D eigenvalue weighted by Gasteiger charge is -2.10. The minimum atomic E-state index is 0.908. The second-order valence-corrected chi connectivity index (χ2v) is 6.97. The minimum Gasteiger partial charge on any atom is -0.212 e. The molecule has 1 heterocycles. The molecule has 0 atom stereocenters. The maximum absolute atomic E-state index is 4.50. The smallest absolute Gasteiger partial charge is 0.114 e. The van der Waals surface area contributed by atoms with Crippen molar-refractivity contribution in [1.29, 1.82) is 0 Å². The van der Waals surface area contributed by atoms with Gasteiger partial charge in [-0.15, -0.1) is 5.10 Å². The Kier molecular flexibility index (Phi) is 3.54. The van der Waals surface area contributed by atoms with Gasteiger partial charge in [-0.1, -0.05) is 65.9 Å². The zero-order valence-corrected chi connectivity index (χ0v) is 15.3. The Hall–Kier alpha value is -3.46. The van der Waals surface area contributed by atoms with Gasteiger partial charge in [0.1, 0.15) is 11.0 Å². The molecule has 0 saturated carbocycles. The van der Waals surface area contributed by atoms with Crippen molar-refractivity contribution in [3.8, 4) is 16.8 Å². The van der Waals surface area contributed by atoms with Crippen LogP contribution in [0.4, 0.5) is 0 Å². The molecular weight excluding hydrogens is 330 g/mol. The van der Waals surface area contributed by atoms with Gasteiger partial charge in [0.25, 0.3) is 0 Å². The Morgan fingerprint density at radius 2 is 1.44 bits per heavy atom. The molecule has 0 amide bonds. The van der Waals surface area contributed by atoms with Crippen LogP contribution in [0.15, 0.2) is 78.9 Å². The normalized spacial score (nSPS) is 11.3. The third-order valence-electron chi connectivity index (χ3n) is 5.27. The SMILES string of the molecule is Cc1ccc(-n2nnc3cc(-c4ccccc4)c4ccccc4c32)cc1C. The van der Waals surface area contributed by atoms with Crippen LogP contribution in [0.1, 0.15) is 11.1 Å². The molecule has 0 aliphatic heterocycles. The first-order valence-electron chi connectivity index (χ1n) is 9.12. The number of hydrogen-bond acceptors (Lipinski definition) is 2. The molecule has 0 spiro atoms. The average Bonchev–Trinajstić information content (AvgIpc) is 3.14. The van der Waals surface area contributed by atoms with E-state index in [-0.39, 0.29) is 0 Å². The molecule has 1 aromatic heterocycles. The van der Waals surface area contributed by atoms with Crippen LogP contribution in [0.25, 0.3) is 38.6 Å². The Morgan fingerprint density at radius 1 is 0.704 bits per heavy atom. The number of benzene rings is 4. The monoisotopic (exact) mass is 349 g/mol. The average molecular weight is 349 g/mol. The molecule has 3 nitrogen and oxygen atoms in total. The van der Waals surface area contributed by atoms with E-state index in [1.54, 1.807) is 0 Å². The summed E-state index contributed by atoms with van der Waals surface area (Å²) in [6.07, 6.45) is 0. The van der Waals surface area contributed by atoms with Gasteiger partial charge in [-0.05, 0) is 59.7 Å². The fourth-order valence-corrected chi connectivity index (χ4v) is 3.68. The Morgan fingerprint density at radius 3 is 2.22 bits per heavy atom. The van der Waals surface area contributed by atoms with Crippen molar-refractivity contribution >= 4 is 21.8 Å². The van der Waals surface area contributed by atoms with Crippen LogP contribution in [0.3, 0.4) is 0 Å². The Labute approximate surface area is 157 Å². The number of fused-ring (bicyclic) bond motifs is 3. The molecule has 0 fully saturated rings. The van der Waals surface area contributed by atoms with E-state index in [9.17, 15) is 0 Å². The summed E-state index contributed by atoms with van der Waals surface area (Å²) in [6, 6.07) is 27.5. The number of hydrogen-bond donors (Lipinski definition) is 0. The third-order valence-corrected chi connectivity index (χ3v) is 5.27. The third kappa shape index (κ3) is 2.51. The summed E-state index contributed by atoms with van der Waals surface area (Å²) >= 11 is 0. The number of rotatable bonds is 2. The van der Waals surface area contributed by atoms with Gasteiger partial charge < -0.3 is 0 Å². The molecular formula is C24H19N3. The fourth-order valence-electron chi connectivity index (χ4n) is 3.68. The van der Waals surface area contributed by atoms with E-state index in [0.29, 0.717) is 0 Å². The van der Waals surface area contributed by atoms with Gasteiger partial charge in [0, 0.05) is 5.39 Å². The molecule has 0 saturated heterocycles. The summed E-state index contributed by atoms with van der Waals surface area (Å²) in [6.45, 7) is 4.25. The molecule has 5 aromatic rings. The summed E-state index contributed by atoms with van der Waals surface area (Å²) < 4.78 is 1.96. The zero-order chi connectivity index (χ0) is 18.4. The van der Waals surface area contributed by atoms with Crippen LogP contribution in [-0.4, -0.2) is 15.0 Å². The van der Waals surface area contributed by atoms with Crippen molar-refractivity contribution in [3.05, 3.63) is 90.0 Å². The summed E-state index contributed by atoms with van der Waals surface area (Å²) in [5.41, 5.74) is 7.90. The van der Waals surface area contributed by atoms with E-state index < -0.39 is 0 Å². The molecule has 27 heavy (non-hydrogen) atoms. The van der Waals surface area contributed by atoms with Crippen molar-refractivity contribution in [2.45, 2.75) is 13.8 Å². The van der Waals surface area contributed by atoms with Crippen molar-refractivity contribution in [2.24, 2.45) is 0 Å². The molecule has 0 unspecified atom stereocenters. The molecule has 0 radical (unpaired) electrons. The van der Waals surface area contributed by atoms with E-state index in [0.717, 1.165) is 22.1 Å². The van der Waals surface area contributed by atoms with Gasteiger partial charge in [-0.3, -0.25) is 0 Å². The molecule has 3 heteroatoms. The van der Waals surface area contributed by atoms with Crippen LogP contribution in [-0.2, 0) is 0 Å². The Balaban J connectivity index is 1.85. The molecule has 0 N–H and O–H groups in total. The van der Waals surface area contributed by atoms with E-state index >= 15 is 0 Å². The van der Waals surface area contributed by atoms with Gasteiger partial charge in [0.15, 0.2) is 0 Å². The molecule has 5 rings (SSSR count). The first kappa shape index (κ1) is 15.8. The summed E-state index contributed by atoms with van der Waals surface area (Å²) in [5.74, 6) is 0. The number of nitrogens with zero attached hydrogens (tertiary/aromatic N) is 3. The highest BCUT2D eigenvalue weighted by Gasteiger charge is 2.15. The quantitative estimate of drug-likeness (QED) is 0.400. The van der Waals surface area contributed by atoms with Gasteiger partial charge in [0.2, 0.25) is 0 Å². The molecule has 4 aromatic carbocycles. The van der Waals surface area contributed by atoms with Crippen molar-refractivity contribution in [1.82, 2.24) is 15.0 Å². The molecule has 130 valence electrons. The lowest BCUT2D eigenvalue weighted by Crippen LogP contribution is -1.98. The topological polar surface area (TPSA) is 30.7 Å². The van der Waals surface area contributed by atoms with Crippen molar-refractivity contribution < 1.29 is 0 Å². The summed E-state index contributed by atoms with van der Waals surface area (Å²) in [5, 5.41) is 11.4. The maximum Gasteiger partial charge on any atom is 0.114 e. The van der Waals surface area contributed by atoms with Gasteiger partial charge in [0.05, 0.1) is 5.69 Å². The van der Waals surface area contributed by atoms with Gasteiger partial charge >= 0.3 is 0 Å². The first-order valence-corrected chi connectivity index (χ1v) is 9.12. The van der Waals surface area contributed by atoms with E-state index in [4.69, 9.17) is 0 Å². The van der Waals surface area contributed by atoms with E-state index in [1.165, 1.54) is 27.6 Å². The lowest BCUT2D eigenvalue weighted by molar-refractivity contribution is 0.824. The summed E-state index contributed by atoms with van der Waals surface area (Å²) in [4.78, 5) is 0. The zero-order valence-electron chi connectivity index (χ0n) is 15.3. The van der Waals surface area contributed by atoms with Gasteiger partial charge in [-0.25, -0.2) is 4.68 Å². The predicted octanol–water partition coefficient (Wildman–Crippen LogP) is 5.86. The fraction of sp³-hybridized carbons (Fsp3) is 0.0833. The predicted molar refractivity (Wildman–Crippen MR) is 111 cm³/mol. The van der Waals surface area contributed by atoms with Crippen LogP contribution >= 0.6 is 0 Å². The lowest BCUT2D eigenvalue weighted by atomic mass is 9.97. The first-order chi connectivity index (χ1) is 13.2.